The van der Waals surface area contributed by atoms with Crippen molar-refractivity contribution in [2.45, 2.75) is 0 Å². The van der Waals surface area contributed by atoms with Crippen molar-refractivity contribution in [3.63, 3.8) is 0 Å². The van der Waals surface area contributed by atoms with Gasteiger partial charge in [0.2, 0.25) is 5.91 Å². The first-order valence-electron chi connectivity index (χ1n) is 5.39. The maximum Gasteiger partial charge on any atom is 0.249 e. The van der Waals surface area contributed by atoms with Crippen LogP contribution in [-0.4, -0.2) is 5.91 Å². The normalized spacial score (nSPS) is 10.8. The first-order valence-corrected chi connectivity index (χ1v) is 5.39. The molecule has 0 heterocycles. The fourth-order valence-corrected chi connectivity index (χ4v) is 2.08. The topological polar surface area (TPSA) is 43.1 Å². The van der Waals surface area contributed by atoms with E-state index in [4.69, 9.17) is 5.73 Å². The highest BCUT2D eigenvalue weighted by Gasteiger charge is 2.04. The largest absolute Gasteiger partial charge is 0.366 e. The van der Waals surface area contributed by atoms with E-state index in [0.717, 1.165) is 16.2 Å². The summed E-state index contributed by atoms with van der Waals surface area (Å²) in [5.41, 5.74) is 5.67. The smallest absolute Gasteiger partial charge is 0.249 e. The Balaban J connectivity index is 2.41. The molecule has 0 unspecified atom stereocenters. The Labute approximate surface area is 98.7 Å². The van der Waals surface area contributed by atoms with Gasteiger partial charge in [-0.1, -0.05) is 42.5 Å². The maximum absolute atomic E-state index is 11.1. The molecule has 1 amide bonds. The predicted molar refractivity (Wildman–Crippen MR) is 68.8 cm³/mol. The lowest BCUT2D eigenvalue weighted by atomic mass is 10.0. The van der Waals surface area contributed by atoms with E-state index in [1.807, 2.05) is 30.3 Å². The zero-order chi connectivity index (χ0) is 11.8. The van der Waals surface area contributed by atoms with Gasteiger partial charge in [-0.15, -0.1) is 0 Å². The van der Waals surface area contributed by atoms with Crippen LogP contribution in [0.3, 0.4) is 0 Å². The molecular weight excluding hydrogens is 210 g/mol. The van der Waals surface area contributed by atoms with Gasteiger partial charge in [0.25, 0.3) is 0 Å². The molecule has 1 radical (unpaired) electrons. The second kappa shape index (κ2) is 3.59. The van der Waals surface area contributed by atoms with Gasteiger partial charge in [-0.3, -0.25) is 4.79 Å². The number of carbonyl (C=O) groups excluding carboxylic acids is 1. The van der Waals surface area contributed by atoms with Crippen LogP contribution in [-0.2, 0) is 0 Å². The van der Waals surface area contributed by atoms with Gasteiger partial charge < -0.3 is 5.73 Å². The number of fused-ring (bicyclic) bond motifs is 3. The first kappa shape index (κ1) is 9.85. The molecule has 17 heavy (non-hydrogen) atoms. The van der Waals surface area contributed by atoms with Crippen LogP contribution >= 0.6 is 0 Å². The Morgan fingerprint density at radius 1 is 0.941 bits per heavy atom. The third-order valence-electron chi connectivity index (χ3n) is 2.92. The Morgan fingerprint density at radius 2 is 1.76 bits per heavy atom. The van der Waals surface area contributed by atoms with Crippen molar-refractivity contribution in [3.05, 3.63) is 60.2 Å². The minimum absolute atomic E-state index is 0.424. The number of benzene rings is 3. The molecular formula is C15H10NO. The van der Waals surface area contributed by atoms with E-state index in [1.165, 1.54) is 5.39 Å². The molecule has 3 aromatic carbocycles. The van der Waals surface area contributed by atoms with Crippen LogP contribution in [0, 0.1) is 6.07 Å². The Hall–Kier alpha value is -2.35. The molecule has 2 heteroatoms. The fourth-order valence-electron chi connectivity index (χ4n) is 2.08. The number of carbonyl (C=O) groups is 1. The molecule has 2 N–H and O–H groups in total. The van der Waals surface area contributed by atoms with E-state index in [2.05, 4.69) is 18.2 Å². The third kappa shape index (κ3) is 1.54. The molecule has 0 spiro atoms. The highest BCUT2D eigenvalue weighted by molar-refractivity contribution is 6.09. The summed E-state index contributed by atoms with van der Waals surface area (Å²) < 4.78 is 0. The Kier molecular flexibility index (Phi) is 2.08. The number of nitrogens with two attached hydrogens (primary N) is 1. The average Bonchev–Trinajstić information content (AvgIpc) is 2.38. The number of amides is 1. The van der Waals surface area contributed by atoms with Crippen molar-refractivity contribution in [2.75, 3.05) is 0 Å². The second-order valence-corrected chi connectivity index (χ2v) is 3.98. The molecule has 0 aliphatic carbocycles. The van der Waals surface area contributed by atoms with Crippen LogP contribution in [0.2, 0.25) is 0 Å². The van der Waals surface area contributed by atoms with E-state index >= 15 is 0 Å². The number of primary amides is 1. The standard InChI is InChI=1S/C15H10NO/c16-15(17)12-7-8-14-11(9-12)6-5-10-3-1-2-4-13(10)14/h1-8H,(H2,16,17). The molecule has 0 atom stereocenters. The quantitative estimate of drug-likeness (QED) is 0.629. The van der Waals surface area contributed by atoms with Gasteiger partial charge in [0.1, 0.15) is 0 Å². The van der Waals surface area contributed by atoms with Gasteiger partial charge in [-0.25, -0.2) is 0 Å². The molecule has 2 nitrogen and oxygen atoms in total. The summed E-state index contributed by atoms with van der Waals surface area (Å²) in [6.45, 7) is 0. The maximum atomic E-state index is 11.1. The Bertz CT molecular complexity index is 731. The van der Waals surface area contributed by atoms with E-state index in [-0.39, 0.29) is 0 Å². The third-order valence-corrected chi connectivity index (χ3v) is 2.92. The SMILES string of the molecule is NC(=O)c1[c]c2ccc3ccccc3c2cc1. The number of hydrogen-bond acceptors (Lipinski definition) is 1. The lowest BCUT2D eigenvalue weighted by Crippen LogP contribution is -2.10. The minimum atomic E-state index is -0.444. The fraction of sp³-hybridized carbons (Fsp3) is 0. The molecule has 0 aromatic heterocycles. The zero-order valence-corrected chi connectivity index (χ0v) is 9.10. The van der Waals surface area contributed by atoms with Gasteiger partial charge >= 0.3 is 0 Å². The molecule has 0 bridgehead atoms. The van der Waals surface area contributed by atoms with Crippen molar-refractivity contribution in [3.8, 4) is 0 Å². The summed E-state index contributed by atoms with van der Waals surface area (Å²) in [6.07, 6.45) is 0. The first-order chi connectivity index (χ1) is 8.25. The van der Waals surface area contributed by atoms with Crippen molar-refractivity contribution >= 4 is 27.5 Å². The molecule has 81 valence electrons. The average molecular weight is 220 g/mol. The monoisotopic (exact) mass is 220 g/mol. The summed E-state index contributed by atoms with van der Waals surface area (Å²) in [5, 5.41) is 4.35. The van der Waals surface area contributed by atoms with Crippen LogP contribution < -0.4 is 5.73 Å². The van der Waals surface area contributed by atoms with Crippen LogP contribution in [0.4, 0.5) is 0 Å². The van der Waals surface area contributed by atoms with Crippen LogP contribution in [0.15, 0.2) is 48.5 Å². The van der Waals surface area contributed by atoms with E-state index in [0.29, 0.717) is 5.56 Å². The number of hydrogen-bond donors (Lipinski definition) is 1. The van der Waals surface area contributed by atoms with E-state index in [9.17, 15) is 4.79 Å². The summed E-state index contributed by atoms with van der Waals surface area (Å²) in [4.78, 5) is 11.1. The lowest BCUT2D eigenvalue weighted by molar-refractivity contribution is 0.1000. The van der Waals surface area contributed by atoms with Gasteiger partial charge in [-0.2, -0.15) is 0 Å². The van der Waals surface area contributed by atoms with Gasteiger partial charge in [0, 0.05) is 11.6 Å². The summed E-state index contributed by atoms with van der Waals surface area (Å²) in [5.74, 6) is -0.444. The Morgan fingerprint density at radius 3 is 2.59 bits per heavy atom. The van der Waals surface area contributed by atoms with Gasteiger partial charge in [0.05, 0.1) is 0 Å². The molecule has 3 aromatic rings. The van der Waals surface area contributed by atoms with Crippen molar-refractivity contribution < 1.29 is 4.79 Å². The van der Waals surface area contributed by atoms with Crippen LogP contribution in [0.1, 0.15) is 10.4 Å². The molecule has 0 aliphatic rings. The molecule has 0 saturated carbocycles. The molecule has 0 saturated heterocycles. The van der Waals surface area contributed by atoms with Crippen molar-refractivity contribution in [2.24, 2.45) is 5.73 Å². The molecule has 0 fully saturated rings. The van der Waals surface area contributed by atoms with Gasteiger partial charge in [0.15, 0.2) is 0 Å². The van der Waals surface area contributed by atoms with E-state index in [1.54, 1.807) is 6.07 Å². The van der Waals surface area contributed by atoms with Crippen molar-refractivity contribution in [1.29, 1.82) is 0 Å². The lowest BCUT2D eigenvalue weighted by Gasteiger charge is -2.04. The molecule has 0 aliphatic heterocycles. The molecule has 3 rings (SSSR count). The van der Waals surface area contributed by atoms with E-state index < -0.39 is 5.91 Å². The van der Waals surface area contributed by atoms with Crippen LogP contribution in [0.25, 0.3) is 21.5 Å². The highest BCUT2D eigenvalue weighted by Crippen LogP contribution is 2.25. The summed E-state index contributed by atoms with van der Waals surface area (Å²) in [7, 11) is 0. The summed E-state index contributed by atoms with van der Waals surface area (Å²) >= 11 is 0. The van der Waals surface area contributed by atoms with Gasteiger partial charge in [-0.05, 0) is 27.6 Å². The zero-order valence-electron chi connectivity index (χ0n) is 9.10. The van der Waals surface area contributed by atoms with Crippen LogP contribution in [0.5, 0.6) is 0 Å². The number of rotatable bonds is 1. The summed E-state index contributed by atoms with van der Waals surface area (Å²) in [6, 6.07) is 18.8. The second-order valence-electron chi connectivity index (χ2n) is 3.98. The minimum Gasteiger partial charge on any atom is -0.366 e. The van der Waals surface area contributed by atoms with Crippen molar-refractivity contribution in [1.82, 2.24) is 0 Å². The highest BCUT2D eigenvalue weighted by atomic mass is 16.1. The predicted octanol–water partition coefficient (Wildman–Crippen LogP) is 2.89.